The van der Waals surface area contributed by atoms with Gasteiger partial charge in [-0.05, 0) is 48.5 Å². The van der Waals surface area contributed by atoms with Gasteiger partial charge in [0, 0.05) is 31.1 Å². The zero-order valence-electron chi connectivity index (χ0n) is 14.4. The lowest BCUT2D eigenvalue weighted by atomic mass is 10.3. The highest BCUT2D eigenvalue weighted by molar-refractivity contribution is 7.92. The van der Waals surface area contributed by atoms with Crippen molar-refractivity contribution in [2.24, 2.45) is 0 Å². The number of nitrogens with zero attached hydrogens (tertiary/aromatic N) is 1. The first-order valence-corrected chi connectivity index (χ1v) is 9.61. The monoisotopic (exact) mass is 387 g/mol. The fourth-order valence-corrected chi connectivity index (χ4v) is 3.74. The van der Waals surface area contributed by atoms with Gasteiger partial charge in [-0.15, -0.1) is 0 Å². The van der Waals surface area contributed by atoms with Crippen LogP contribution in [0.4, 0.5) is 17.1 Å². The van der Waals surface area contributed by atoms with E-state index < -0.39 is 10.0 Å². The first kappa shape index (κ1) is 18.6. The number of nitrogens with one attached hydrogen (secondary N) is 2. The third-order valence-corrected chi connectivity index (χ3v) is 5.31. The van der Waals surface area contributed by atoms with E-state index in [9.17, 15) is 22.8 Å². The number of amides is 3. The van der Waals surface area contributed by atoms with Crippen molar-refractivity contribution < 1.29 is 22.8 Å². The molecular formula is C18H17N3O5S. The van der Waals surface area contributed by atoms with E-state index in [2.05, 4.69) is 10.0 Å². The van der Waals surface area contributed by atoms with E-state index in [-0.39, 0.29) is 35.5 Å². The summed E-state index contributed by atoms with van der Waals surface area (Å²) < 4.78 is 27.4. The molecule has 0 saturated carbocycles. The predicted molar refractivity (Wildman–Crippen MR) is 99.7 cm³/mol. The Morgan fingerprint density at radius 1 is 0.889 bits per heavy atom. The molecule has 140 valence electrons. The lowest BCUT2D eigenvalue weighted by Crippen LogP contribution is -2.28. The molecule has 3 amide bonds. The van der Waals surface area contributed by atoms with Crippen molar-refractivity contribution in [3.8, 4) is 0 Å². The van der Waals surface area contributed by atoms with Gasteiger partial charge in [-0.3, -0.25) is 24.0 Å². The Morgan fingerprint density at radius 3 is 1.93 bits per heavy atom. The Balaban J connectivity index is 1.76. The molecule has 8 nitrogen and oxygen atoms in total. The number of imide groups is 1. The molecule has 3 rings (SSSR count). The molecule has 0 aliphatic carbocycles. The Morgan fingerprint density at radius 2 is 1.41 bits per heavy atom. The summed E-state index contributed by atoms with van der Waals surface area (Å²) >= 11 is 0. The van der Waals surface area contributed by atoms with E-state index in [1.54, 1.807) is 12.1 Å². The number of sulfonamides is 1. The van der Waals surface area contributed by atoms with Gasteiger partial charge in [0.1, 0.15) is 0 Å². The lowest BCUT2D eigenvalue weighted by Gasteiger charge is -2.14. The molecule has 1 saturated heterocycles. The van der Waals surface area contributed by atoms with Gasteiger partial charge in [0.2, 0.25) is 17.7 Å². The minimum absolute atomic E-state index is 0.00344. The quantitative estimate of drug-likeness (QED) is 0.763. The number of benzene rings is 2. The molecular weight excluding hydrogens is 370 g/mol. The molecule has 1 heterocycles. The molecule has 0 radical (unpaired) electrons. The van der Waals surface area contributed by atoms with Gasteiger partial charge in [-0.2, -0.15) is 0 Å². The fourth-order valence-electron chi connectivity index (χ4n) is 2.68. The smallest absolute Gasteiger partial charge is 0.261 e. The van der Waals surface area contributed by atoms with Crippen molar-refractivity contribution >= 4 is 44.8 Å². The van der Waals surface area contributed by atoms with E-state index in [0.717, 1.165) is 4.90 Å². The van der Waals surface area contributed by atoms with Crippen LogP contribution < -0.4 is 14.9 Å². The minimum atomic E-state index is -3.84. The van der Waals surface area contributed by atoms with Crippen molar-refractivity contribution in [1.82, 2.24) is 0 Å². The summed E-state index contributed by atoms with van der Waals surface area (Å²) in [6.45, 7) is 1.38. The van der Waals surface area contributed by atoms with Gasteiger partial charge in [-0.1, -0.05) is 0 Å². The zero-order chi connectivity index (χ0) is 19.6. The normalized spacial score (nSPS) is 14.3. The van der Waals surface area contributed by atoms with Crippen molar-refractivity contribution in [2.45, 2.75) is 24.7 Å². The zero-order valence-corrected chi connectivity index (χ0v) is 15.2. The number of anilines is 3. The van der Waals surface area contributed by atoms with Crippen LogP contribution in [0.5, 0.6) is 0 Å². The summed E-state index contributed by atoms with van der Waals surface area (Å²) in [6, 6.07) is 11.7. The van der Waals surface area contributed by atoms with Crippen LogP contribution in [0.25, 0.3) is 0 Å². The Hall–Kier alpha value is -3.20. The molecule has 2 N–H and O–H groups in total. The van der Waals surface area contributed by atoms with E-state index in [4.69, 9.17) is 0 Å². The van der Waals surface area contributed by atoms with E-state index in [1.807, 2.05) is 0 Å². The van der Waals surface area contributed by atoms with Crippen LogP contribution in [-0.4, -0.2) is 26.1 Å². The van der Waals surface area contributed by atoms with Gasteiger partial charge in [0.25, 0.3) is 10.0 Å². The summed E-state index contributed by atoms with van der Waals surface area (Å²) in [5.41, 5.74) is 1.23. The number of hydrogen-bond acceptors (Lipinski definition) is 5. The van der Waals surface area contributed by atoms with Crippen LogP contribution in [0.2, 0.25) is 0 Å². The van der Waals surface area contributed by atoms with Crippen LogP contribution >= 0.6 is 0 Å². The highest BCUT2D eigenvalue weighted by atomic mass is 32.2. The number of carbonyl (C=O) groups is 3. The van der Waals surface area contributed by atoms with Crippen LogP contribution in [0.15, 0.2) is 53.4 Å². The number of carbonyl (C=O) groups excluding carboxylic acids is 3. The summed E-state index contributed by atoms with van der Waals surface area (Å²) in [5, 5.41) is 2.59. The second-order valence-corrected chi connectivity index (χ2v) is 7.66. The van der Waals surface area contributed by atoms with Crippen molar-refractivity contribution in [3.05, 3.63) is 48.5 Å². The average Bonchev–Trinajstić information content (AvgIpc) is 2.95. The highest BCUT2D eigenvalue weighted by Gasteiger charge is 2.30. The van der Waals surface area contributed by atoms with Crippen LogP contribution in [0.1, 0.15) is 19.8 Å². The van der Waals surface area contributed by atoms with Crippen molar-refractivity contribution in [1.29, 1.82) is 0 Å². The van der Waals surface area contributed by atoms with E-state index >= 15 is 0 Å². The molecule has 0 unspecified atom stereocenters. The third kappa shape index (κ3) is 4.14. The van der Waals surface area contributed by atoms with Crippen molar-refractivity contribution in [3.63, 3.8) is 0 Å². The fraction of sp³-hybridized carbons (Fsp3) is 0.167. The maximum atomic E-state index is 12.5. The Kier molecular flexibility index (Phi) is 4.95. The summed E-state index contributed by atoms with van der Waals surface area (Å²) in [6.07, 6.45) is 0.323. The van der Waals surface area contributed by atoms with Gasteiger partial charge in [0.05, 0.1) is 10.6 Å². The molecule has 0 bridgehead atoms. The highest BCUT2D eigenvalue weighted by Crippen LogP contribution is 2.25. The largest absolute Gasteiger partial charge is 0.326 e. The molecule has 0 spiro atoms. The topological polar surface area (TPSA) is 113 Å². The third-order valence-electron chi connectivity index (χ3n) is 3.91. The average molecular weight is 387 g/mol. The van der Waals surface area contributed by atoms with Crippen LogP contribution in [0, 0.1) is 0 Å². The Labute approximate surface area is 156 Å². The maximum Gasteiger partial charge on any atom is 0.261 e. The first-order valence-electron chi connectivity index (χ1n) is 8.12. The maximum absolute atomic E-state index is 12.5. The molecule has 2 aromatic carbocycles. The molecule has 1 aliphatic rings. The SMILES string of the molecule is CC(=O)Nc1ccc(NS(=O)(=O)c2ccc(N3C(=O)CCC3=O)cc2)cc1. The molecule has 0 atom stereocenters. The standard InChI is InChI=1S/C18H17N3O5S/c1-12(22)19-13-2-4-14(5-3-13)20-27(25,26)16-8-6-15(7-9-16)21-17(23)10-11-18(21)24/h2-9,20H,10-11H2,1H3,(H,19,22). The van der Waals surface area contributed by atoms with Crippen molar-refractivity contribution in [2.75, 3.05) is 14.9 Å². The molecule has 1 aliphatic heterocycles. The van der Waals surface area contributed by atoms with Gasteiger partial charge in [0.15, 0.2) is 0 Å². The van der Waals surface area contributed by atoms with Gasteiger partial charge in [-0.25, -0.2) is 8.42 Å². The number of rotatable bonds is 5. The molecule has 27 heavy (non-hydrogen) atoms. The van der Waals surface area contributed by atoms with E-state index in [1.165, 1.54) is 43.3 Å². The van der Waals surface area contributed by atoms with Crippen LogP contribution in [-0.2, 0) is 24.4 Å². The first-order chi connectivity index (χ1) is 12.8. The molecule has 1 fully saturated rings. The van der Waals surface area contributed by atoms with Gasteiger partial charge >= 0.3 is 0 Å². The Bertz CT molecular complexity index is 982. The van der Waals surface area contributed by atoms with E-state index in [0.29, 0.717) is 17.1 Å². The minimum Gasteiger partial charge on any atom is -0.326 e. The molecule has 2 aromatic rings. The summed E-state index contributed by atoms with van der Waals surface area (Å²) in [4.78, 5) is 35.6. The lowest BCUT2D eigenvalue weighted by molar-refractivity contribution is -0.121. The summed E-state index contributed by atoms with van der Waals surface area (Å²) in [7, 11) is -3.84. The molecule has 9 heteroatoms. The second kappa shape index (κ2) is 7.20. The second-order valence-electron chi connectivity index (χ2n) is 5.98. The molecule has 0 aromatic heterocycles. The predicted octanol–water partition coefficient (Wildman–Crippen LogP) is 2.10. The van der Waals surface area contributed by atoms with Gasteiger partial charge < -0.3 is 5.32 Å². The van der Waals surface area contributed by atoms with Crippen LogP contribution in [0.3, 0.4) is 0 Å². The summed E-state index contributed by atoms with van der Waals surface area (Å²) in [5.74, 6) is -0.820. The number of hydrogen-bond donors (Lipinski definition) is 2.